The number of alkyl halides is 6. The summed E-state index contributed by atoms with van der Waals surface area (Å²) in [4.78, 5) is 27.2. The normalized spacial score (nSPS) is 15.5. The number of aromatic nitrogens is 6. The van der Waals surface area contributed by atoms with E-state index in [0.717, 1.165) is 29.7 Å². The van der Waals surface area contributed by atoms with Crippen LogP contribution in [0.5, 0.6) is 0 Å². The molecule has 4 heterocycles. The van der Waals surface area contributed by atoms with Crippen LogP contribution in [0.25, 0.3) is 32.4 Å². The molecular formula is C37H33F8N9O4S2. The number of rotatable bonds is 12. The number of amides is 1. The Morgan fingerprint density at radius 3 is 2.35 bits per heavy atom. The third-order valence-corrected chi connectivity index (χ3v) is 10.8. The van der Waals surface area contributed by atoms with Gasteiger partial charge in [-0.1, -0.05) is 23.5 Å². The smallest absolute Gasteiger partial charge is 0.290 e. The predicted octanol–water partition coefficient (Wildman–Crippen LogP) is 7.45. The van der Waals surface area contributed by atoms with Gasteiger partial charge in [-0.15, -0.1) is 0 Å². The summed E-state index contributed by atoms with van der Waals surface area (Å²) in [6.07, 6.45) is -6.23. The van der Waals surface area contributed by atoms with Crippen LogP contribution in [-0.2, 0) is 46.7 Å². The van der Waals surface area contributed by atoms with Crippen LogP contribution in [0.1, 0.15) is 61.3 Å². The van der Waals surface area contributed by atoms with Gasteiger partial charge in [-0.3, -0.25) is 18.9 Å². The van der Waals surface area contributed by atoms with Gasteiger partial charge in [-0.25, -0.2) is 49.7 Å². The SMILES string of the molecule is Cn1nc(NS(C)(=O)=O)c2cccc(-c3cc4sc(NCC(C)(C)O)nc4nc3C(Cc3cc(F)cc(F)c3)=NC(=O)Cn3nc(C(F)F)c4c3C(F)(F)CCC4(F)F)c21. The highest BCUT2D eigenvalue weighted by Crippen LogP contribution is 2.52. The molecule has 4 aromatic heterocycles. The third kappa shape index (κ3) is 8.68. The quantitative estimate of drug-likeness (QED) is 0.0835. The van der Waals surface area contributed by atoms with E-state index in [1.54, 1.807) is 38.1 Å². The molecule has 0 saturated heterocycles. The van der Waals surface area contributed by atoms with Crippen molar-refractivity contribution in [1.82, 2.24) is 29.5 Å². The minimum absolute atomic E-state index is 0.0452. The van der Waals surface area contributed by atoms with Crippen molar-refractivity contribution < 1.29 is 53.4 Å². The van der Waals surface area contributed by atoms with Gasteiger partial charge in [-0.2, -0.15) is 19.0 Å². The van der Waals surface area contributed by atoms with E-state index in [-0.39, 0.29) is 45.2 Å². The number of aryl methyl sites for hydroxylation is 1. The van der Waals surface area contributed by atoms with E-state index in [2.05, 4.69) is 30.2 Å². The Balaban J connectivity index is 1.46. The number of pyridine rings is 1. The fourth-order valence-corrected chi connectivity index (χ4v) is 8.24. The number of aliphatic hydroxyl groups is 1. The molecule has 318 valence electrons. The molecule has 0 spiro atoms. The largest absolute Gasteiger partial charge is 0.389 e. The van der Waals surface area contributed by atoms with Crippen molar-refractivity contribution in [2.24, 2.45) is 12.0 Å². The molecule has 0 aliphatic heterocycles. The Bertz CT molecular complexity index is 2810. The predicted molar refractivity (Wildman–Crippen MR) is 206 cm³/mol. The number of halogens is 8. The second kappa shape index (κ2) is 15.2. The number of anilines is 2. The second-order valence-corrected chi connectivity index (χ2v) is 17.6. The molecule has 6 aromatic rings. The minimum Gasteiger partial charge on any atom is -0.389 e. The zero-order chi connectivity index (χ0) is 43.7. The maximum absolute atomic E-state index is 15.2. The first-order valence-electron chi connectivity index (χ1n) is 17.8. The van der Waals surface area contributed by atoms with Crippen molar-refractivity contribution in [2.75, 3.05) is 22.8 Å². The van der Waals surface area contributed by atoms with E-state index in [9.17, 15) is 44.7 Å². The molecule has 0 radical (unpaired) electrons. The number of fused-ring (bicyclic) bond motifs is 3. The molecule has 0 fully saturated rings. The van der Waals surface area contributed by atoms with Gasteiger partial charge in [0, 0.05) is 55.4 Å². The molecule has 2 aromatic carbocycles. The first-order valence-corrected chi connectivity index (χ1v) is 20.5. The van der Waals surface area contributed by atoms with Gasteiger partial charge in [0.05, 0.1) is 39.0 Å². The second-order valence-electron chi connectivity index (χ2n) is 14.8. The van der Waals surface area contributed by atoms with Gasteiger partial charge in [0.1, 0.15) is 29.6 Å². The molecular weight excluding hydrogens is 851 g/mol. The summed E-state index contributed by atoms with van der Waals surface area (Å²) in [7, 11) is -2.31. The van der Waals surface area contributed by atoms with Crippen molar-refractivity contribution >= 4 is 65.2 Å². The van der Waals surface area contributed by atoms with E-state index in [1.807, 2.05) is 0 Å². The number of carbonyl (C=O) groups is 1. The molecule has 3 N–H and O–H groups in total. The lowest BCUT2D eigenvalue weighted by Crippen LogP contribution is -2.33. The van der Waals surface area contributed by atoms with Crippen LogP contribution in [-0.4, -0.2) is 73.1 Å². The number of hydrogen-bond donors (Lipinski definition) is 3. The van der Waals surface area contributed by atoms with Crippen LogP contribution >= 0.6 is 11.3 Å². The molecule has 1 amide bonds. The highest BCUT2D eigenvalue weighted by molar-refractivity contribution is 7.92. The molecule has 0 unspecified atom stereocenters. The first kappa shape index (κ1) is 42.6. The first-order chi connectivity index (χ1) is 27.9. The van der Waals surface area contributed by atoms with Gasteiger partial charge < -0.3 is 10.4 Å². The zero-order valence-electron chi connectivity index (χ0n) is 31.8. The van der Waals surface area contributed by atoms with Crippen molar-refractivity contribution in [3.8, 4) is 11.1 Å². The number of hydrogen-bond acceptors (Lipinski definition) is 10. The molecule has 0 atom stereocenters. The highest BCUT2D eigenvalue weighted by atomic mass is 32.2. The molecule has 1 aliphatic rings. The summed E-state index contributed by atoms with van der Waals surface area (Å²) in [5.41, 5.74) is -5.81. The summed E-state index contributed by atoms with van der Waals surface area (Å²) in [6.45, 7) is 1.83. The van der Waals surface area contributed by atoms with Crippen LogP contribution < -0.4 is 10.0 Å². The van der Waals surface area contributed by atoms with Gasteiger partial charge in [-0.05, 0) is 43.7 Å². The molecule has 60 heavy (non-hydrogen) atoms. The Morgan fingerprint density at radius 2 is 1.70 bits per heavy atom. The summed E-state index contributed by atoms with van der Waals surface area (Å²) < 4.78 is 146. The number of aliphatic imine (C=N–C) groups is 1. The van der Waals surface area contributed by atoms with Crippen LogP contribution in [0.4, 0.5) is 46.1 Å². The van der Waals surface area contributed by atoms with E-state index in [0.29, 0.717) is 32.4 Å². The Kier molecular flexibility index (Phi) is 10.8. The molecule has 0 saturated carbocycles. The number of sulfonamides is 1. The minimum atomic E-state index is -4.12. The molecule has 0 bridgehead atoms. The van der Waals surface area contributed by atoms with Crippen LogP contribution in [0, 0.1) is 11.6 Å². The monoisotopic (exact) mass is 883 g/mol. The van der Waals surface area contributed by atoms with Crippen molar-refractivity contribution in [3.63, 3.8) is 0 Å². The fourth-order valence-electron chi connectivity index (χ4n) is 6.90. The zero-order valence-corrected chi connectivity index (χ0v) is 33.4. The standard InChI is InChI=1S/C37H33F8N9O4S2/c1-35(2,56)16-46-34-49-33-24(59-34)14-22(20-6-5-7-21-29(20)53(3)51-32(21)52-60(4,57)58)27(48-33)23(12-17-10-18(38)13-19(39)11-17)47-25(55)15-54-30-26(28(50-54)31(40)41)36(42,43)8-9-37(30,44)45/h5-7,10-11,13-14,31,56H,8-9,12,15-16H2,1-4H3,(H,51,52)(H,46,48,49). The van der Waals surface area contributed by atoms with E-state index in [1.165, 1.54) is 11.7 Å². The molecule has 13 nitrogen and oxygen atoms in total. The maximum Gasteiger partial charge on any atom is 0.290 e. The van der Waals surface area contributed by atoms with E-state index < -0.39 is 94.2 Å². The summed E-state index contributed by atoms with van der Waals surface area (Å²) in [5, 5.41) is 21.6. The fraction of sp³-hybridized carbons (Fsp3) is 0.351. The number of nitrogens with zero attached hydrogens (tertiary/aromatic N) is 7. The van der Waals surface area contributed by atoms with E-state index in [4.69, 9.17) is 4.98 Å². The Labute approximate surface area is 339 Å². The van der Waals surface area contributed by atoms with Crippen molar-refractivity contribution in [2.45, 2.75) is 63.5 Å². The number of carbonyl (C=O) groups excluding carboxylic acids is 1. The lowest BCUT2D eigenvalue weighted by Gasteiger charge is -2.29. The topological polar surface area (TPSA) is 169 Å². The Hall–Kier alpha value is -5.55. The highest BCUT2D eigenvalue weighted by Gasteiger charge is 2.55. The van der Waals surface area contributed by atoms with E-state index >= 15 is 8.78 Å². The molecule has 1 aliphatic carbocycles. The average molecular weight is 884 g/mol. The Morgan fingerprint density at radius 1 is 1.02 bits per heavy atom. The van der Waals surface area contributed by atoms with Crippen LogP contribution in [0.15, 0.2) is 47.5 Å². The number of benzene rings is 2. The lowest BCUT2D eigenvalue weighted by atomic mass is 9.89. The number of thiazole rings is 1. The summed E-state index contributed by atoms with van der Waals surface area (Å²) in [6, 6.07) is 8.75. The molecule has 7 rings (SSSR count). The lowest BCUT2D eigenvalue weighted by molar-refractivity contribution is -0.119. The number of para-hydroxylation sites is 1. The van der Waals surface area contributed by atoms with Gasteiger partial charge in [0.15, 0.2) is 16.6 Å². The van der Waals surface area contributed by atoms with Gasteiger partial charge in [0.25, 0.3) is 24.2 Å². The average Bonchev–Trinajstić information content (AvgIpc) is 3.81. The maximum atomic E-state index is 15.2. The third-order valence-electron chi connectivity index (χ3n) is 9.26. The van der Waals surface area contributed by atoms with Crippen LogP contribution in [0.3, 0.4) is 0 Å². The van der Waals surface area contributed by atoms with Crippen molar-refractivity contribution in [1.29, 1.82) is 0 Å². The van der Waals surface area contributed by atoms with Gasteiger partial charge >= 0.3 is 0 Å². The van der Waals surface area contributed by atoms with Crippen LogP contribution in [0.2, 0.25) is 0 Å². The van der Waals surface area contributed by atoms with Crippen molar-refractivity contribution in [3.05, 3.63) is 82.3 Å². The number of nitrogens with one attached hydrogen (secondary N) is 2. The van der Waals surface area contributed by atoms with Gasteiger partial charge in [0.2, 0.25) is 10.0 Å². The summed E-state index contributed by atoms with van der Waals surface area (Å²) in [5.74, 6) is -11.6. The molecule has 23 heteroatoms. The summed E-state index contributed by atoms with van der Waals surface area (Å²) >= 11 is 1.11.